The molecule has 0 saturated carbocycles. The number of hydrogen-bond donors (Lipinski definition) is 0. The minimum atomic E-state index is 0.540. The van der Waals surface area contributed by atoms with Crippen LogP contribution in [0.5, 0.6) is 0 Å². The second-order valence-corrected chi connectivity index (χ2v) is 8.69. The Kier molecular flexibility index (Phi) is 5.78. The lowest BCUT2D eigenvalue weighted by Gasteiger charge is -2.09. The zero-order valence-corrected chi connectivity index (χ0v) is 18.9. The van der Waals surface area contributed by atoms with Gasteiger partial charge in [0.05, 0.1) is 0 Å². The maximum Gasteiger partial charge on any atom is 0.164 e. The lowest BCUT2D eigenvalue weighted by Crippen LogP contribution is -2.00. The van der Waals surface area contributed by atoms with Gasteiger partial charge in [-0.3, -0.25) is 0 Å². The Bertz CT molecular complexity index is 1100. The minimum Gasteiger partial charge on any atom is -0.208 e. The molecular formula is C21H11Br2Cl2N3. The van der Waals surface area contributed by atoms with E-state index in [9.17, 15) is 0 Å². The fourth-order valence-electron chi connectivity index (χ4n) is 2.70. The summed E-state index contributed by atoms with van der Waals surface area (Å²) in [5, 5.41) is 1.24. The number of nitrogens with zero attached hydrogens (tertiary/aromatic N) is 3. The van der Waals surface area contributed by atoms with Crippen molar-refractivity contribution >= 4 is 55.1 Å². The maximum atomic E-state index is 6.17. The Labute approximate surface area is 189 Å². The van der Waals surface area contributed by atoms with Crippen LogP contribution in [0, 0.1) is 0 Å². The summed E-state index contributed by atoms with van der Waals surface area (Å²) in [4.78, 5) is 14.0. The maximum absolute atomic E-state index is 6.17. The third-order valence-corrected chi connectivity index (χ3v) is 5.31. The van der Waals surface area contributed by atoms with Crippen LogP contribution in [-0.2, 0) is 0 Å². The molecule has 0 spiro atoms. The first-order valence-electron chi connectivity index (χ1n) is 8.22. The van der Waals surface area contributed by atoms with Gasteiger partial charge in [0.15, 0.2) is 17.5 Å². The van der Waals surface area contributed by atoms with Crippen molar-refractivity contribution in [2.75, 3.05) is 0 Å². The topological polar surface area (TPSA) is 38.7 Å². The van der Waals surface area contributed by atoms with Crippen LogP contribution in [0.2, 0.25) is 10.0 Å². The average Bonchev–Trinajstić information content (AvgIpc) is 2.67. The predicted molar refractivity (Wildman–Crippen MR) is 122 cm³/mol. The molecule has 0 aliphatic rings. The summed E-state index contributed by atoms with van der Waals surface area (Å²) in [5.41, 5.74) is 2.48. The number of hydrogen-bond acceptors (Lipinski definition) is 3. The molecule has 0 aliphatic carbocycles. The lowest BCUT2D eigenvalue weighted by atomic mass is 10.1. The van der Waals surface area contributed by atoms with Gasteiger partial charge in [0, 0.05) is 35.7 Å². The Balaban J connectivity index is 1.95. The molecule has 0 unspecified atom stereocenters. The number of aromatic nitrogens is 3. The molecule has 3 aromatic carbocycles. The van der Waals surface area contributed by atoms with E-state index in [0.717, 1.165) is 25.6 Å². The van der Waals surface area contributed by atoms with E-state index in [0.29, 0.717) is 27.5 Å². The van der Waals surface area contributed by atoms with Crippen molar-refractivity contribution in [2.45, 2.75) is 0 Å². The smallest absolute Gasteiger partial charge is 0.164 e. The molecule has 1 aromatic heterocycles. The molecule has 3 nitrogen and oxygen atoms in total. The van der Waals surface area contributed by atoms with E-state index in [1.54, 1.807) is 0 Å². The number of halogens is 4. The van der Waals surface area contributed by atoms with Crippen molar-refractivity contribution in [1.29, 1.82) is 0 Å². The van der Waals surface area contributed by atoms with Gasteiger partial charge in [-0.15, -0.1) is 0 Å². The van der Waals surface area contributed by atoms with Crippen molar-refractivity contribution in [3.63, 3.8) is 0 Å². The summed E-state index contributed by atoms with van der Waals surface area (Å²) in [6.07, 6.45) is 0. The Morgan fingerprint density at radius 1 is 0.536 bits per heavy atom. The van der Waals surface area contributed by atoms with Crippen LogP contribution in [0.15, 0.2) is 75.7 Å². The molecule has 0 bridgehead atoms. The summed E-state index contributed by atoms with van der Waals surface area (Å²) in [6, 6.07) is 20.8. The summed E-state index contributed by atoms with van der Waals surface area (Å²) in [6.45, 7) is 0. The van der Waals surface area contributed by atoms with Gasteiger partial charge in [-0.05, 0) is 42.5 Å². The van der Waals surface area contributed by atoms with Crippen molar-refractivity contribution in [2.24, 2.45) is 0 Å². The highest BCUT2D eigenvalue weighted by Gasteiger charge is 2.13. The van der Waals surface area contributed by atoms with Crippen molar-refractivity contribution in [1.82, 2.24) is 15.0 Å². The Hall–Kier alpha value is -1.79. The molecule has 28 heavy (non-hydrogen) atoms. The molecule has 0 N–H and O–H groups in total. The Morgan fingerprint density at radius 2 is 0.964 bits per heavy atom. The van der Waals surface area contributed by atoms with Crippen LogP contribution in [0.25, 0.3) is 34.2 Å². The van der Waals surface area contributed by atoms with E-state index in [4.69, 9.17) is 23.2 Å². The third kappa shape index (κ3) is 4.44. The molecule has 0 amide bonds. The van der Waals surface area contributed by atoms with Gasteiger partial charge < -0.3 is 0 Å². The van der Waals surface area contributed by atoms with Gasteiger partial charge >= 0.3 is 0 Å². The molecule has 0 aliphatic heterocycles. The van der Waals surface area contributed by atoms with E-state index >= 15 is 0 Å². The molecule has 0 saturated heterocycles. The highest BCUT2D eigenvalue weighted by Crippen LogP contribution is 2.30. The van der Waals surface area contributed by atoms with Crippen molar-refractivity contribution in [3.05, 3.63) is 85.7 Å². The van der Waals surface area contributed by atoms with Gasteiger partial charge in [0.2, 0.25) is 0 Å². The second-order valence-electron chi connectivity index (χ2n) is 5.99. The van der Waals surface area contributed by atoms with Crippen molar-refractivity contribution in [3.8, 4) is 34.2 Å². The van der Waals surface area contributed by atoms with Crippen LogP contribution < -0.4 is 0 Å². The molecular weight excluding hydrogens is 525 g/mol. The van der Waals surface area contributed by atoms with Gasteiger partial charge in [0.25, 0.3) is 0 Å². The van der Waals surface area contributed by atoms with Crippen LogP contribution in [0.1, 0.15) is 0 Å². The number of rotatable bonds is 3. The zero-order chi connectivity index (χ0) is 19.7. The summed E-state index contributed by atoms with van der Waals surface area (Å²) >= 11 is 19.4. The summed E-state index contributed by atoms with van der Waals surface area (Å²) < 4.78 is 1.84. The fourth-order valence-corrected chi connectivity index (χ4v) is 4.38. The van der Waals surface area contributed by atoms with Crippen LogP contribution in [0.4, 0.5) is 0 Å². The van der Waals surface area contributed by atoms with Gasteiger partial charge in [-0.2, -0.15) is 0 Å². The first-order chi connectivity index (χ1) is 13.5. The van der Waals surface area contributed by atoms with Crippen molar-refractivity contribution < 1.29 is 0 Å². The van der Waals surface area contributed by atoms with E-state index in [-0.39, 0.29) is 0 Å². The fraction of sp³-hybridized carbons (Fsp3) is 0. The molecule has 0 atom stereocenters. The van der Waals surface area contributed by atoms with Gasteiger partial charge in [-0.1, -0.05) is 79.3 Å². The third-order valence-electron chi connectivity index (χ3n) is 3.92. The standard InChI is InChI=1S/C21H11Br2Cl2N3/c22-15-7-14(8-16(23)11-15)21-27-19(12-3-1-5-17(24)9-12)26-20(28-21)13-4-2-6-18(25)10-13/h1-11H. The second kappa shape index (κ2) is 8.29. The largest absolute Gasteiger partial charge is 0.208 e. The molecule has 4 rings (SSSR count). The Morgan fingerprint density at radius 3 is 1.39 bits per heavy atom. The molecule has 7 heteroatoms. The van der Waals surface area contributed by atoms with Crippen LogP contribution >= 0.6 is 55.1 Å². The van der Waals surface area contributed by atoms with Gasteiger partial charge in [0.1, 0.15) is 0 Å². The van der Waals surface area contributed by atoms with E-state index in [2.05, 4.69) is 46.8 Å². The molecule has 4 aromatic rings. The first kappa shape index (κ1) is 19.5. The molecule has 0 radical (unpaired) electrons. The summed E-state index contributed by atoms with van der Waals surface area (Å²) in [7, 11) is 0. The molecule has 138 valence electrons. The van der Waals surface area contributed by atoms with E-state index < -0.39 is 0 Å². The highest BCUT2D eigenvalue weighted by molar-refractivity contribution is 9.11. The normalized spacial score (nSPS) is 10.9. The monoisotopic (exact) mass is 533 g/mol. The average molecular weight is 536 g/mol. The summed E-state index contributed by atoms with van der Waals surface area (Å²) in [5.74, 6) is 1.64. The van der Waals surface area contributed by atoms with E-state index in [1.165, 1.54) is 0 Å². The molecule has 1 heterocycles. The minimum absolute atomic E-state index is 0.540. The predicted octanol–water partition coefficient (Wildman–Crippen LogP) is 7.70. The first-order valence-corrected chi connectivity index (χ1v) is 10.6. The quantitative estimate of drug-likeness (QED) is 0.270. The van der Waals surface area contributed by atoms with Crippen LogP contribution in [-0.4, -0.2) is 15.0 Å². The highest BCUT2D eigenvalue weighted by atomic mass is 79.9. The number of benzene rings is 3. The zero-order valence-electron chi connectivity index (χ0n) is 14.2. The lowest BCUT2D eigenvalue weighted by molar-refractivity contribution is 1.07. The van der Waals surface area contributed by atoms with Gasteiger partial charge in [-0.25, -0.2) is 15.0 Å². The SMILES string of the molecule is Clc1cccc(-c2nc(-c3cccc(Cl)c3)nc(-c3cc(Br)cc(Br)c3)n2)c1. The van der Waals surface area contributed by atoms with Crippen LogP contribution in [0.3, 0.4) is 0 Å². The van der Waals surface area contributed by atoms with E-state index in [1.807, 2.05) is 66.7 Å². The molecule has 0 fully saturated rings.